The summed E-state index contributed by atoms with van der Waals surface area (Å²) in [4.78, 5) is 72.8. The van der Waals surface area contributed by atoms with Crippen LogP contribution in [0.2, 0.25) is 0 Å². The van der Waals surface area contributed by atoms with Crippen LogP contribution in [0.1, 0.15) is 401 Å². The van der Waals surface area contributed by atoms with Crippen molar-refractivity contribution < 1.29 is 80.2 Å². The summed E-state index contributed by atoms with van der Waals surface area (Å²) >= 11 is 0. The largest absolute Gasteiger partial charge is 0.472 e. The van der Waals surface area contributed by atoms with Gasteiger partial charge in [0, 0.05) is 25.7 Å². The molecule has 0 aromatic rings. The summed E-state index contributed by atoms with van der Waals surface area (Å²) in [5.41, 5.74) is 0. The van der Waals surface area contributed by atoms with Crippen LogP contribution >= 0.6 is 15.6 Å². The molecule has 0 aliphatic heterocycles. The average Bonchev–Trinajstić information content (AvgIpc) is 1.54. The number of hydrogen-bond donors (Lipinski definition) is 3. The smallest absolute Gasteiger partial charge is 0.462 e. The van der Waals surface area contributed by atoms with Crippen molar-refractivity contribution in [2.75, 3.05) is 39.6 Å². The zero-order valence-corrected chi connectivity index (χ0v) is 64.5. The zero-order chi connectivity index (χ0) is 70.7. The van der Waals surface area contributed by atoms with E-state index in [1.165, 1.54) is 212 Å². The highest BCUT2D eigenvalue weighted by Gasteiger charge is 2.30. The fraction of sp³-hybridized carbons (Fsp3) is 0.948. The minimum absolute atomic E-state index is 0.106. The summed E-state index contributed by atoms with van der Waals surface area (Å²) in [6.45, 7) is 9.63. The molecule has 4 unspecified atom stereocenters. The Kier molecular flexibility index (Phi) is 67.4. The molecule has 0 saturated carbocycles. The zero-order valence-electron chi connectivity index (χ0n) is 62.7. The Labute approximate surface area is 588 Å². The van der Waals surface area contributed by atoms with Gasteiger partial charge in [0.05, 0.1) is 26.4 Å². The highest BCUT2D eigenvalue weighted by Crippen LogP contribution is 2.45. The van der Waals surface area contributed by atoms with Crippen LogP contribution in [0.15, 0.2) is 0 Å². The van der Waals surface area contributed by atoms with Gasteiger partial charge in [-0.2, -0.15) is 0 Å². The van der Waals surface area contributed by atoms with Gasteiger partial charge in [-0.25, -0.2) is 9.13 Å². The maximum absolute atomic E-state index is 13.1. The van der Waals surface area contributed by atoms with Crippen molar-refractivity contribution in [3.05, 3.63) is 0 Å². The summed E-state index contributed by atoms with van der Waals surface area (Å²) in [5, 5.41) is 10.6. The van der Waals surface area contributed by atoms with Gasteiger partial charge in [-0.05, 0) is 37.5 Å². The van der Waals surface area contributed by atoms with Gasteiger partial charge >= 0.3 is 39.5 Å². The second-order valence-electron chi connectivity index (χ2n) is 28.2. The minimum Gasteiger partial charge on any atom is -0.462 e. The Hall–Kier alpha value is -1.94. The van der Waals surface area contributed by atoms with Gasteiger partial charge in [0.1, 0.15) is 19.3 Å². The average molecular weight is 1410 g/mol. The van der Waals surface area contributed by atoms with E-state index in [0.717, 1.165) is 108 Å². The van der Waals surface area contributed by atoms with Crippen LogP contribution in [0.5, 0.6) is 0 Å². The molecule has 0 aliphatic carbocycles. The molecule has 0 bridgehead atoms. The van der Waals surface area contributed by atoms with Crippen molar-refractivity contribution in [1.29, 1.82) is 0 Å². The van der Waals surface area contributed by atoms with E-state index in [9.17, 15) is 43.2 Å². The van der Waals surface area contributed by atoms with Crippen molar-refractivity contribution in [1.82, 2.24) is 0 Å². The first-order valence-corrected chi connectivity index (χ1v) is 43.1. The molecule has 17 nitrogen and oxygen atoms in total. The van der Waals surface area contributed by atoms with Gasteiger partial charge in [-0.3, -0.25) is 37.3 Å². The molecular formula is C77H150O17P2. The number of esters is 4. The molecule has 0 rings (SSSR count). The third kappa shape index (κ3) is 67.9. The Morgan fingerprint density at radius 1 is 0.292 bits per heavy atom. The molecule has 0 radical (unpaired) electrons. The number of phosphoric acid groups is 2. The van der Waals surface area contributed by atoms with E-state index in [1.807, 2.05) is 0 Å². The molecule has 0 aliphatic rings. The minimum atomic E-state index is -4.96. The lowest BCUT2D eigenvalue weighted by molar-refractivity contribution is -0.161. The highest BCUT2D eigenvalue weighted by atomic mass is 31.2. The molecule has 0 heterocycles. The molecular weight excluding hydrogens is 1260 g/mol. The van der Waals surface area contributed by atoms with Gasteiger partial charge in [-0.15, -0.1) is 0 Å². The van der Waals surface area contributed by atoms with E-state index in [-0.39, 0.29) is 25.7 Å². The topological polar surface area (TPSA) is 237 Å². The number of rotatable bonds is 76. The van der Waals surface area contributed by atoms with E-state index in [1.54, 1.807) is 0 Å². The second-order valence-corrected chi connectivity index (χ2v) is 31.1. The van der Waals surface area contributed by atoms with E-state index in [2.05, 4.69) is 41.5 Å². The first-order chi connectivity index (χ1) is 46.4. The highest BCUT2D eigenvalue weighted by molar-refractivity contribution is 7.47. The second kappa shape index (κ2) is 68.8. The number of carbonyl (C=O) groups excluding carboxylic acids is 4. The SMILES string of the molecule is CCCCCCCCCCCCCCCCCCCCCCC(=O)O[C@H](COC(=O)CCCCCCCCCCCCC(C)CC)COP(=O)(O)OC[C@@H](O)COP(=O)(O)OC[C@@H](COC(=O)CCCCCCCCCC)OC(=O)CCCCCCCCCCCCC(C)CC. The number of aliphatic hydroxyl groups is 1. The standard InChI is InChI=1S/C77H150O17P2/c1-7-11-13-15-17-19-20-21-22-23-24-25-26-27-28-29-37-43-49-55-61-76(81)94-73(66-88-75(80)60-54-48-42-36-32-30-34-39-45-51-57-69(5)9-3)68-92-96(85,86)90-64-71(78)63-89-95(83,84)91-67-72(65-87-74(79)59-53-47-41-18-16-14-12-8-2)93-77(82)62-56-50-44-38-33-31-35-40-46-52-58-70(6)10-4/h69-73,78H,7-68H2,1-6H3,(H,83,84)(H,85,86)/t69?,70?,71-,72+,73+/m0/s1. The third-order valence-corrected chi connectivity index (χ3v) is 20.6. The predicted octanol–water partition coefficient (Wildman–Crippen LogP) is 22.7. The maximum atomic E-state index is 13.1. The molecule has 0 spiro atoms. The van der Waals surface area contributed by atoms with Crippen LogP contribution in [0, 0.1) is 11.8 Å². The van der Waals surface area contributed by atoms with Crippen LogP contribution in [0.25, 0.3) is 0 Å². The lowest BCUT2D eigenvalue weighted by Gasteiger charge is -2.21. The molecule has 0 aromatic heterocycles. The van der Waals surface area contributed by atoms with Crippen LogP contribution in [0.3, 0.4) is 0 Å². The van der Waals surface area contributed by atoms with Crippen LogP contribution in [0.4, 0.5) is 0 Å². The molecule has 0 saturated heterocycles. The maximum Gasteiger partial charge on any atom is 0.472 e. The lowest BCUT2D eigenvalue weighted by atomic mass is 9.99. The summed E-state index contributed by atoms with van der Waals surface area (Å²) in [6, 6.07) is 0. The van der Waals surface area contributed by atoms with Gasteiger partial charge in [0.2, 0.25) is 0 Å². The van der Waals surface area contributed by atoms with Crippen LogP contribution < -0.4 is 0 Å². The van der Waals surface area contributed by atoms with Gasteiger partial charge in [0.15, 0.2) is 12.2 Å². The van der Waals surface area contributed by atoms with Gasteiger partial charge in [-0.1, -0.05) is 350 Å². The number of ether oxygens (including phenoxy) is 4. The van der Waals surface area contributed by atoms with Crippen molar-refractivity contribution in [2.45, 2.75) is 419 Å². The molecule has 0 amide bonds. The van der Waals surface area contributed by atoms with E-state index in [4.69, 9.17) is 37.0 Å². The van der Waals surface area contributed by atoms with Crippen LogP contribution in [-0.4, -0.2) is 96.7 Å². The van der Waals surface area contributed by atoms with Crippen molar-refractivity contribution in [2.24, 2.45) is 11.8 Å². The molecule has 0 fully saturated rings. The Bertz CT molecular complexity index is 1860. The number of hydrogen-bond acceptors (Lipinski definition) is 15. The van der Waals surface area contributed by atoms with E-state index < -0.39 is 97.5 Å². The van der Waals surface area contributed by atoms with E-state index in [0.29, 0.717) is 25.7 Å². The molecule has 96 heavy (non-hydrogen) atoms. The normalized spacial score (nSPS) is 14.6. The molecule has 19 heteroatoms. The predicted molar refractivity (Wildman–Crippen MR) is 391 cm³/mol. The van der Waals surface area contributed by atoms with Gasteiger partial charge < -0.3 is 33.8 Å². The van der Waals surface area contributed by atoms with Crippen molar-refractivity contribution in [3.8, 4) is 0 Å². The summed E-state index contributed by atoms with van der Waals surface area (Å²) in [5.74, 6) is -0.504. The first kappa shape index (κ1) is 94.1. The molecule has 3 N–H and O–H groups in total. The number of aliphatic hydroxyl groups excluding tert-OH is 1. The Balaban J connectivity index is 5.20. The Morgan fingerprint density at radius 2 is 0.500 bits per heavy atom. The number of carbonyl (C=O) groups is 4. The van der Waals surface area contributed by atoms with E-state index >= 15 is 0 Å². The van der Waals surface area contributed by atoms with Gasteiger partial charge in [0.25, 0.3) is 0 Å². The van der Waals surface area contributed by atoms with Crippen molar-refractivity contribution >= 4 is 39.5 Å². The fourth-order valence-electron chi connectivity index (χ4n) is 11.8. The number of phosphoric ester groups is 2. The summed E-state index contributed by atoms with van der Waals surface area (Å²) in [6.07, 6.45) is 56.8. The monoisotopic (exact) mass is 1410 g/mol. The van der Waals surface area contributed by atoms with Crippen molar-refractivity contribution in [3.63, 3.8) is 0 Å². The quantitative estimate of drug-likeness (QED) is 0.0222. The molecule has 7 atom stereocenters. The first-order valence-electron chi connectivity index (χ1n) is 40.1. The molecule has 570 valence electrons. The fourth-order valence-corrected chi connectivity index (χ4v) is 13.3. The molecule has 0 aromatic carbocycles. The third-order valence-electron chi connectivity index (χ3n) is 18.7. The summed E-state index contributed by atoms with van der Waals surface area (Å²) < 4.78 is 68.5. The summed E-state index contributed by atoms with van der Waals surface area (Å²) in [7, 11) is -9.91. The Morgan fingerprint density at radius 3 is 0.740 bits per heavy atom. The number of unbranched alkanes of at least 4 members (excludes halogenated alkanes) is 44. The van der Waals surface area contributed by atoms with Crippen LogP contribution in [-0.2, 0) is 65.4 Å². The lowest BCUT2D eigenvalue weighted by Crippen LogP contribution is -2.30.